The molecule has 0 aliphatic heterocycles. The SMILES string of the molecule is Cc1ccccc1-n1c(SC(C)C(=O)Nc2sccc2C(N)=O)nnc1-c1ccc(Cl)cc1. The zero-order chi connectivity index (χ0) is 23.5. The van der Waals surface area contributed by atoms with Crippen LogP contribution >= 0.6 is 34.7 Å². The summed E-state index contributed by atoms with van der Waals surface area (Å²) in [7, 11) is 0. The number of thioether (sulfide) groups is 1. The van der Waals surface area contributed by atoms with Crippen molar-refractivity contribution in [3.8, 4) is 17.1 Å². The third-order valence-corrected chi connectivity index (χ3v) is 7.04. The van der Waals surface area contributed by atoms with Gasteiger partial charge in [0.15, 0.2) is 11.0 Å². The molecule has 0 fully saturated rings. The normalized spacial score (nSPS) is 11.8. The van der Waals surface area contributed by atoms with Crippen molar-refractivity contribution in [3.05, 3.63) is 76.1 Å². The molecule has 0 radical (unpaired) electrons. The molecule has 0 spiro atoms. The number of anilines is 1. The standard InChI is InChI=1S/C23H20ClN5O2S2/c1-13-5-3-4-6-18(13)29-20(15-7-9-16(24)10-8-15)27-28-23(29)33-14(2)21(31)26-22-17(19(25)30)11-12-32-22/h3-12,14H,1-2H3,(H2,25,30)(H,26,31). The smallest absolute Gasteiger partial charge is 0.251 e. The Hall–Kier alpha value is -3.14. The summed E-state index contributed by atoms with van der Waals surface area (Å²) in [6, 6.07) is 16.9. The van der Waals surface area contributed by atoms with Gasteiger partial charge in [0.1, 0.15) is 5.00 Å². The fraction of sp³-hybridized carbons (Fsp3) is 0.130. The van der Waals surface area contributed by atoms with Gasteiger partial charge in [0.25, 0.3) is 5.91 Å². The number of nitrogens with one attached hydrogen (secondary N) is 1. The van der Waals surface area contributed by atoms with Crippen LogP contribution < -0.4 is 11.1 Å². The highest BCUT2D eigenvalue weighted by Gasteiger charge is 2.24. The fourth-order valence-electron chi connectivity index (χ4n) is 3.19. The van der Waals surface area contributed by atoms with Gasteiger partial charge in [-0.3, -0.25) is 14.2 Å². The average molecular weight is 498 g/mol. The van der Waals surface area contributed by atoms with Crippen LogP contribution in [0.4, 0.5) is 5.00 Å². The van der Waals surface area contributed by atoms with E-state index in [1.165, 1.54) is 23.1 Å². The number of hydrogen-bond acceptors (Lipinski definition) is 6. The number of carbonyl (C=O) groups is 2. The van der Waals surface area contributed by atoms with Crippen LogP contribution in [0, 0.1) is 6.92 Å². The molecule has 1 atom stereocenters. The van der Waals surface area contributed by atoms with Gasteiger partial charge >= 0.3 is 0 Å². The molecule has 2 amide bonds. The van der Waals surface area contributed by atoms with E-state index in [1.54, 1.807) is 30.5 Å². The molecule has 0 aliphatic rings. The lowest BCUT2D eigenvalue weighted by molar-refractivity contribution is -0.115. The second-order valence-electron chi connectivity index (χ2n) is 7.21. The number of thiophene rings is 1. The fourth-order valence-corrected chi connectivity index (χ4v) is 4.97. The van der Waals surface area contributed by atoms with Crippen molar-refractivity contribution >= 4 is 51.5 Å². The minimum atomic E-state index is -0.584. The van der Waals surface area contributed by atoms with Crippen molar-refractivity contribution in [1.82, 2.24) is 14.8 Å². The van der Waals surface area contributed by atoms with E-state index >= 15 is 0 Å². The van der Waals surface area contributed by atoms with Gasteiger partial charge in [-0.1, -0.05) is 41.6 Å². The van der Waals surface area contributed by atoms with Gasteiger partial charge in [-0.15, -0.1) is 21.5 Å². The van der Waals surface area contributed by atoms with Crippen LogP contribution in [0.15, 0.2) is 65.1 Å². The number of aromatic nitrogens is 3. The van der Waals surface area contributed by atoms with Gasteiger partial charge in [-0.2, -0.15) is 0 Å². The molecule has 0 saturated heterocycles. The lowest BCUT2D eigenvalue weighted by atomic mass is 10.1. The van der Waals surface area contributed by atoms with E-state index in [2.05, 4.69) is 15.5 Å². The number of carbonyl (C=O) groups excluding carboxylic acids is 2. The van der Waals surface area contributed by atoms with Crippen LogP contribution in [-0.4, -0.2) is 31.8 Å². The molecule has 2 heterocycles. The molecule has 4 rings (SSSR count). The van der Waals surface area contributed by atoms with E-state index in [9.17, 15) is 9.59 Å². The maximum atomic E-state index is 12.9. The molecule has 0 bridgehead atoms. The first kappa shape index (κ1) is 23.0. The van der Waals surface area contributed by atoms with Crippen molar-refractivity contribution < 1.29 is 9.59 Å². The van der Waals surface area contributed by atoms with E-state index in [4.69, 9.17) is 17.3 Å². The summed E-state index contributed by atoms with van der Waals surface area (Å²) in [6.45, 7) is 3.78. The van der Waals surface area contributed by atoms with Gasteiger partial charge < -0.3 is 11.1 Å². The first-order valence-electron chi connectivity index (χ1n) is 9.97. The highest BCUT2D eigenvalue weighted by atomic mass is 35.5. The number of benzene rings is 2. The van der Waals surface area contributed by atoms with E-state index in [0.29, 0.717) is 26.6 Å². The maximum Gasteiger partial charge on any atom is 0.251 e. The van der Waals surface area contributed by atoms with Crippen LogP contribution in [0.3, 0.4) is 0 Å². The minimum absolute atomic E-state index is 0.266. The molecule has 0 aliphatic carbocycles. The Morgan fingerprint density at radius 1 is 1.12 bits per heavy atom. The summed E-state index contributed by atoms with van der Waals surface area (Å²) in [5, 5.41) is 14.4. The summed E-state index contributed by atoms with van der Waals surface area (Å²) >= 11 is 8.58. The van der Waals surface area contributed by atoms with Crippen LogP contribution in [0.5, 0.6) is 0 Å². The molecular weight excluding hydrogens is 478 g/mol. The molecule has 1 unspecified atom stereocenters. The van der Waals surface area contributed by atoms with Crippen molar-refractivity contribution in [2.45, 2.75) is 24.3 Å². The number of nitrogens with two attached hydrogens (primary N) is 1. The van der Waals surface area contributed by atoms with Crippen molar-refractivity contribution in [3.63, 3.8) is 0 Å². The summed E-state index contributed by atoms with van der Waals surface area (Å²) in [5.41, 5.74) is 8.47. The minimum Gasteiger partial charge on any atom is -0.366 e. The Morgan fingerprint density at radius 2 is 1.85 bits per heavy atom. The summed E-state index contributed by atoms with van der Waals surface area (Å²) in [5.74, 6) is -0.207. The molecule has 3 N–H and O–H groups in total. The van der Waals surface area contributed by atoms with Crippen LogP contribution in [-0.2, 0) is 4.79 Å². The number of aryl methyl sites for hydroxylation is 1. The Bertz CT molecular complexity index is 1320. The molecule has 10 heteroatoms. The lowest BCUT2D eigenvalue weighted by Crippen LogP contribution is -2.24. The van der Waals surface area contributed by atoms with Crippen molar-refractivity contribution in [2.24, 2.45) is 5.73 Å². The number of nitrogens with zero attached hydrogens (tertiary/aromatic N) is 3. The second kappa shape index (κ2) is 9.78. The summed E-state index contributed by atoms with van der Waals surface area (Å²) in [4.78, 5) is 24.4. The third kappa shape index (κ3) is 4.95. The maximum absolute atomic E-state index is 12.9. The lowest BCUT2D eigenvalue weighted by Gasteiger charge is -2.15. The summed E-state index contributed by atoms with van der Waals surface area (Å²) in [6.07, 6.45) is 0. The van der Waals surface area contributed by atoms with E-state index in [0.717, 1.165) is 16.8 Å². The first-order valence-corrected chi connectivity index (χ1v) is 12.1. The zero-order valence-electron chi connectivity index (χ0n) is 17.8. The molecule has 4 aromatic rings. The van der Waals surface area contributed by atoms with Crippen molar-refractivity contribution in [1.29, 1.82) is 0 Å². The number of halogens is 1. The Labute approximate surface area is 204 Å². The topological polar surface area (TPSA) is 103 Å². The predicted octanol–water partition coefficient (Wildman–Crippen LogP) is 5.18. The first-order chi connectivity index (χ1) is 15.8. The second-order valence-corrected chi connectivity index (χ2v) is 9.87. The number of rotatable bonds is 7. The monoisotopic (exact) mass is 497 g/mol. The third-order valence-electron chi connectivity index (χ3n) is 4.91. The number of primary amides is 1. The molecule has 168 valence electrons. The van der Waals surface area contributed by atoms with Gasteiger partial charge in [-0.25, -0.2) is 0 Å². The quantitative estimate of drug-likeness (QED) is 0.342. The highest BCUT2D eigenvalue weighted by molar-refractivity contribution is 8.00. The van der Waals surface area contributed by atoms with E-state index in [-0.39, 0.29) is 5.91 Å². The van der Waals surface area contributed by atoms with Crippen molar-refractivity contribution in [2.75, 3.05) is 5.32 Å². The zero-order valence-corrected chi connectivity index (χ0v) is 20.2. The molecule has 33 heavy (non-hydrogen) atoms. The average Bonchev–Trinajstić information content (AvgIpc) is 3.42. The van der Waals surface area contributed by atoms with Crippen LogP contribution in [0.2, 0.25) is 5.02 Å². The van der Waals surface area contributed by atoms with Crippen LogP contribution in [0.1, 0.15) is 22.8 Å². The number of amides is 2. The molecular formula is C23H20ClN5O2S2. The summed E-state index contributed by atoms with van der Waals surface area (Å²) < 4.78 is 1.94. The molecule has 7 nitrogen and oxygen atoms in total. The van der Waals surface area contributed by atoms with E-state index < -0.39 is 11.2 Å². The van der Waals surface area contributed by atoms with Gasteiger partial charge in [0.05, 0.1) is 16.5 Å². The Kier molecular flexibility index (Phi) is 6.83. The molecule has 2 aromatic carbocycles. The Balaban J connectivity index is 1.67. The number of para-hydroxylation sites is 1. The Morgan fingerprint density at radius 3 is 2.55 bits per heavy atom. The van der Waals surface area contributed by atoms with Crippen LogP contribution in [0.25, 0.3) is 17.1 Å². The highest BCUT2D eigenvalue weighted by Crippen LogP contribution is 2.32. The van der Waals surface area contributed by atoms with Gasteiger partial charge in [0, 0.05) is 10.6 Å². The van der Waals surface area contributed by atoms with Gasteiger partial charge in [-0.05, 0) is 61.2 Å². The molecule has 2 aromatic heterocycles. The number of hydrogen-bond donors (Lipinski definition) is 2. The van der Waals surface area contributed by atoms with Gasteiger partial charge in [0.2, 0.25) is 5.91 Å². The molecule has 0 saturated carbocycles. The van der Waals surface area contributed by atoms with E-state index in [1.807, 2.05) is 47.9 Å². The largest absolute Gasteiger partial charge is 0.366 e. The predicted molar refractivity (Wildman–Crippen MR) is 133 cm³/mol.